The molecule has 1 rings (SSSR count). The smallest absolute Gasteiger partial charge is 0.162 e. The van der Waals surface area contributed by atoms with E-state index >= 15 is 0 Å². The average Bonchev–Trinajstić information content (AvgIpc) is 2.13. The number of hydrogen-bond donors (Lipinski definition) is 0. The van der Waals surface area contributed by atoms with E-state index in [2.05, 4.69) is 15.9 Å². The van der Waals surface area contributed by atoms with Gasteiger partial charge < -0.3 is 0 Å². The Morgan fingerprint density at radius 1 is 1.31 bits per heavy atom. The van der Waals surface area contributed by atoms with Gasteiger partial charge in [-0.15, -0.1) is 0 Å². The molecule has 0 N–H and O–H groups in total. The highest BCUT2D eigenvalue weighted by Crippen LogP contribution is 2.23. The van der Waals surface area contributed by atoms with E-state index in [-0.39, 0.29) is 5.78 Å². The lowest BCUT2D eigenvalue weighted by Gasteiger charge is -2.08. The highest BCUT2D eigenvalue weighted by molar-refractivity contribution is 9.10. The highest BCUT2D eigenvalue weighted by atomic mass is 79.9. The second kappa shape index (κ2) is 4.05. The molecule has 0 fully saturated rings. The van der Waals surface area contributed by atoms with E-state index in [1.165, 1.54) is 0 Å². The van der Waals surface area contributed by atoms with E-state index in [1.54, 1.807) is 0 Å². The van der Waals surface area contributed by atoms with Crippen molar-refractivity contribution < 1.29 is 4.79 Å². The minimum atomic E-state index is 0.216. The van der Waals surface area contributed by atoms with Crippen molar-refractivity contribution in [2.75, 3.05) is 0 Å². The normalized spacial score (nSPS) is 10.2. The number of carbonyl (C=O) groups excluding carboxylic acids is 1. The lowest BCUT2D eigenvalue weighted by molar-refractivity contribution is 0.0987. The molecule has 1 nitrogen and oxygen atoms in total. The molecule has 1 aromatic rings. The summed E-state index contributed by atoms with van der Waals surface area (Å²) in [5.74, 6) is 0.216. The predicted octanol–water partition coefficient (Wildman–Crippen LogP) is 3.66. The van der Waals surface area contributed by atoms with Gasteiger partial charge in [0.1, 0.15) is 0 Å². The first-order chi connectivity index (χ1) is 6.07. The zero-order valence-electron chi connectivity index (χ0n) is 8.15. The summed E-state index contributed by atoms with van der Waals surface area (Å²) in [5.41, 5.74) is 3.09. The van der Waals surface area contributed by atoms with Crippen molar-refractivity contribution in [3.63, 3.8) is 0 Å². The van der Waals surface area contributed by atoms with Crippen molar-refractivity contribution in [3.8, 4) is 0 Å². The van der Waals surface area contributed by atoms with Gasteiger partial charge in [0.2, 0.25) is 0 Å². The lowest BCUT2D eigenvalue weighted by Crippen LogP contribution is -2.01. The van der Waals surface area contributed by atoms with Crippen LogP contribution in [0.5, 0.6) is 0 Å². The SMILES string of the molecule is CCC(=O)c1ccc(Br)c(C)c1C. The number of rotatable bonds is 2. The molecule has 0 aliphatic heterocycles. The van der Waals surface area contributed by atoms with Crippen LogP contribution in [0.15, 0.2) is 16.6 Å². The molecule has 0 saturated heterocycles. The average molecular weight is 241 g/mol. The summed E-state index contributed by atoms with van der Waals surface area (Å²) in [6, 6.07) is 3.82. The van der Waals surface area contributed by atoms with Crippen LogP contribution in [0.2, 0.25) is 0 Å². The third-order valence-corrected chi connectivity index (χ3v) is 3.20. The van der Waals surface area contributed by atoms with E-state index < -0.39 is 0 Å². The number of ketones is 1. The molecule has 0 bridgehead atoms. The van der Waals surface area contributed by atoms with E-state index in [0.29, 0.717) is 6.42 Å². The molecule has 0 saturated carbocycles. The molecular weight excluding hydrogens is 228 g/mol. The predicted molar refractivity (Wildman–Crippen MR) is 58.2 cm³/mol. The van der Waals surface area contributed by atoms with Crippen LogP contribution < -0.4 is 0 Å². The van der Waals surface area contributed by atoms with E-state index in [1.807, 2.05) is 32.9 Å². The Balaban J connectivity index is 3.26. The first-order valence-electron chi connectivity index (χ1n) is 4.36. The Morgan fingerprint density at radius 2 is 1.92 bits per heavy atom. The Labute approximate surface area is 87.3 Å². The maximum absolute atomic E-state index is 11.5. The van der Waals surface area contributed by atoms with Gasteiger partial charge in [-0.25, -0.2) is 0 Å². The monoisotopic (exact) mass is 240 g/mol. The summed E-state index contributed by atoms with van der Waals surface area (Å²) in [6.45, 7) is 5.90. The third kappa shape index (κ3) is 1.99. The first-order valence-corrected chi connectivity index (χ1v) is 5.16. The van der Waals surface area contributed by atoms with Gasteiger partial charge in [0.25, 0.3) is 0 Å². The summed E-state index contributed by atoms with van der Waals surface area (Å²) in [4.78, 5) is 11.5. The van der Waals surface area contributed by atoms with Crippen LogP contribution in [0.4, 0.5) is 0 Å². The second-order valence-corrected chi connectivity index (χ2v) is 3.98. The molecule has 2 heteroatoms. The standard InChI is InChI=1S/C11H13BrO/c1-4-11(13)9-5-6-10(12)8(3)7(9)2/h5-6H,4H2,1-3H3. The van der Waals surface area contributed by atoms with Gasteiger partial charge in [-0.3, -0.25) is 4.79 Å². The van der Waals surface area contributed by atoms with Crippen LogP contribution in [0.3, 0.4) is 0 Å². The van der Waals surface area contributed by atoms with Crippen molar-refractivity contribution in [1.82, 2.24) is 0 Å². The molecule has 0 atom stereocenters. The largest absolute Gasteiger partial charge is 0.294 e. The molecule has 1 aromatic carbocycles. The summed E-state index contributed by atoms with van der Waals surface area (Å²) in [5, 5.41) is 0. The molecule has 0 amide bonds. The van der Waals surface area contributed by atoms with Gasteiger partial charge >= 0.3 is 0 Å². The molecular formula is C11H13BrO. The van der Waals surface area contributed by atoms with E-state index in [9.17, 15) is 4.79 Å². The van der Waals surface area contributed by atoms with Crippen molar-refractivity contribution in [1.29, 1.82) is 0 Å². The quantitative estimate of drug-likeness (QED) is 0.722. The maximum Gasteiger partial charge on any atom is 0.162 e. The Hall–Kier alpha value is -0.630. The molecule has 0 unspecified atom stereocenters. The number of benzene rings is 1. The van der Waals surface area contributed by atoms with Crippen LogP contribution >= 0.6 is 15.9 Å². The second-order valence-electron chi connectivity index (χ2n) is 3.12. The topological polar surface area (TPSA) is 17.1 Å². The summed E-state index contributed by atoms with van der Waals surface area (Å²) >= 11 is 3.44. The number of hydrogen-bond acceptors (Lipinski definition) is 1. The maximum atomic E-state index is 11.5. The first kappa shape index (κ1) is 10.5. The van der Waals surface area contributed by atoms with Gasteiger partial charge in [-0.1, -0.05) is 28.9 Å². The Kier molecular flexibility index (Phi) is 3.26. The molecule has 0 aromatic heterocycles. The van der Waals surface area contributed by atoms with E-state index in [4.69, 9.17) is 0 Å². The van der Waals surface area contributed by atoms with Crippen LogP contribution in [-0.4, -0.2) is 5.78 Å². The minimum Gasteiger partial charge on any atom is -0.294 e. The van der Waals surface area contributed by atoms with Crippen LogP contribution in [-0.2, 0) is 0 Å². The molecule has 13 heavy (non-hydrogen) atoms. The molecule has 70 valence electrons. The van der Waals surface area contributed by atoms with Gasteiger partial charge in [0.15, 0.2) is 5.78 Å². The zero-order chi connectivity index (χ0) is 10.0. The molecule has 0 spiro atoms. The van der Waals surface area contributed by atoms with Crippen LogP contribution in [0, 0.1) is 13.8 Å². The number of halogens is 1. The minimum absolute atomic E-state index is 0.216. The highest BCUT2D eigenvalue weighted by Gasteiger charge is 2.09. The van der Waals surface area contributed by atoms with Crippen molar-refractivity contribution >= 4 is 21.7 Å². The number of Topliss-reactive ketones (excluding diaryl/α,β-unsaturated/α-hetero) is 1. The zero-order valence-corrected chi connectivity index (χ0v) is 9.73. The van der Waals surface area contributed by atoms with Gasteiger partial charge in [0, 0.05) is 16.5 Å². The van der Waals surface area contributed by atoms with Crippen LogP contribution in [0.25, 0.3) is 0 Å². The van der Waals surface area contributed by atoms with Gasteiger partial charge in [0.05, 0.1) is 0 Å². The van der Waals surface area contributed by atoms with Crippen molar-refractivity contribution in [3.05, 3.63) is 33.3 Å². The summed E-state index contributed by atoms with van der Waals surface area (Å²) in [7, 11) is 0. The lowest BCUT2D eigenvalue weighted by atomic mass is 9.99. The van der Waals surface area contributed by atoms with Crippen LogP contribution in [0.1, 0.15) is 34.8 Å². The fourth-order valence-electron chi connectivity index (χ4n) is 1.28. The van der Waals surface area contributed by atoms with Crippen molar-refractivity contribution in [2.24, 2.45) is 0 Å². The van der Waals surface area contributed by atoms with E-state index in [0.717, 1.165) is 21.2 Å². The summed E-state index contributed by atoms with van der Waals surface area (Å²) in [6.07, 6.45) is 0.571. The van der Waals surface area contributed by atoms with Gasteiger partial charge in [-0.2, -0.15) is 0 Å². The van der Waals surface area contributed by atoms with Crippen molar-refractivity contribution in [2.45, 2.75) is 27.2 Å². The number of carbonyl (C=O) groups is 1. The fourth-order valence-corrected chi connectivity index (χ4v) is 1.71. The van der Waals surface area contributed by atoms with Gasteiger partial charge in [-0.05, 0) is 31.0 Å². The molecule has 0 aliphatic rings. The Morgan fingerprint density at radius 3 is 2.46 bits per heavy atom. The summed E-state index contributed by atoms with van der Waals surface area (Å²) < 4.78 is 1.07. The molecule has 0 heterocycles. The fraction of sp³-hybridized carbons (Fsp3) is 0.364. The Bertz CT molecular complexity index is 342. The molecule has 0 aliphatic carbocycles. The third-order valence-electron chi connectivity index (χ3n) is 2.34. The molecule has 0 radical (unpaired) electrons.